The van der Waals surface area contributed by atoms with Crippen LogP contribution < -0.4 is 5.73 Å². The SMILES string of the molecule is N[C@@H](CC(c1ccccc1)c1ccccc1)C(O)=S. The van der Waals surface area contributed by atoms with Crippen LogP contribution in [0.2, 0.25) is 0 Å². The highest BCUT2D eigenvalue weighted by atomic mass is 32.1. The Hall–Kier alpha value is -1.71. The summed E-state index contributed by atoms with van der Waals surface area (Å²) in [5.41, 5.74) is 8.26. The smallest absolute Gasteiger partial charge is 0.173 e. The molecule has 0 unspecified atom stereocenters. The molecule has 0 heterocycles. The maximum absolute atomic E-state index is 9.37. The van der Waals surface area contributed by atoms with E-state index in [1.807, 2.05) is 36.4 Å². The second-order valence-electron chi connectivity index (χ2n) is 4.55. The molecule has 0 aliphatic heterocycles. The van der Waals surface area contributed by atoms with Gasteiger partial charge in [-0.25, -0.2) is 0 Å². The molecule has 1 atom stereocenters. The molecule has 98 valence electrons. The molecule has 2 rings (SSSR count). The van der Waals surface area contributed by atoms with Crippen LogP contribution in [-0.4, -0.2) is 16.2 Å². The van der Waals surface area contributed by atoms with Crippen molar-refractivity contribution < 1.29 is 5.11 Å². The quantitative estimate of drug-likeness (QED) is 0.819. The Balaban J connectivity index is 2.32. The standard InChI is InChI=1S/C16H17NOS/c17-15(16(18)19)11-14(12-7-3-1-4-8-12)13-9-5-2-6-10-13/h1-10,14-15H,11,17H2,(H,18,19)/t15-/m0/s1. The van der Waals surface area contributed by atoms with Crippen molar-refractivity contribution >= 4 is 17.3 Å². The molecule has 0 bridgehead atoms. The van der Waals surface area contributed by atoms with E-state index in [-0.39, 0.29) is 11.0 Å². The average molecular weight is 271 g/mol. The van der Waals surface area contributed by atoms with Gasteiger partial charge < -0.3 is 10.8 Å². The van der Waals surface area contributed by atoms with Crippen LogP contribution in [0.4, 0.5) is 0 Å². The van der Waals surface area contributed by atoms with Crippen molar-refractivity contribution in [1.29, 1.82) is 0 Å². The number of hydrogen-bond donors (Lipinski definition) is 2. The number of hydrogen-bond acceptors (Lipinski definition) is 2. The van der Waals surface area contributed by atoms with Crippen LogP contribution >= 0.6 is 12.2 Å². The van der Waals surface area contributed by atoms with Crippen LogP contribution in [0.25, 0.3) is 0 Å². The number of nitrogens with two attached hydrogens (primary N) is 1. The molecule has 0 amide bonds. The number of thiocarbonyl (C=S) groups is 1. The van der Waals surface area contributed by atoms with E-state index in [1.165, 1.54) is 11.1 Å². The largest absolute Gasteiger partial charge is 0.501 e. The van der Waals surface area contributed by atoms with Crippen LogP contribution in [0.3, 0.4) is 0 Å². The van der Waals surface area contributed by atoms with E-state index in [4.69, 9.17) is 18.0 Å². The highest BCUT2D eigenvalue weighted by Crippen LogP contribution is 2.28. The number of aliphatic hydroxyl groups is 1. The molecule has 0 fully saturated rings. The maximum atomic E-state index is 9.37. The normalized spacial score (nSPS) is 12.3. The second kappa shape index (κ2) is 6.45. The zero-order valence-corrected chi connectivity index (χ0v) is 11.4. The summed E-state index contributed by atoms with van der Waals surface area (Å²) in [7, 11) is 0. The van der Waals surface area contributed by atoms with Crippen molar-refractivity contribution in [2.45, 2.75) is 18.4 Å². The van der Waals surface area contributed by atoms with Crippen LogP contribution in [-0.2, 0) is 0 Å². The van der Waals surface area contributed by atoms with Gasteiger partial charge in [-0.15, -0.1) is 0 Å². The number of benzene rings is 2. The van der Waals surface area contributed by atoms with Crippen LogP contribution in [0.5, 0.6) is 0 Å². The fourth-order valence-corrected chi connectivity index (χ4v) is 2.29. The summed E-state index contributed by atoms with van der Waals surface area (Å²) in [6, 6.07) is 19.8. The highest BCUT2D eigenvalue weighted by molar-refractivity contribution is 7.80. The van der Waals surface area contributed by atoms with Crippen molar-refractivity contribution in [3.05, 3.63) is 71.8 Å². The predicted octanol–water partition coefficient (Wildman–Crippen LogP) is 3.42. The van der Waals surface area contributed by atoms with Gasteiger partial charge in [-0.3, -0.25) is 0 Å². The van der Waals surface area contributed by atoms with Gasteiger partial charge >= 0.3 is 0 Å². The summed E-state index contributed by atoms with van der Waals surface area (Å²) in [4.78, 5) is 0. The van der Waals surface area contributed by atoms with Crippen molar-refractivity contribution in [2.75, 3.05) is 0 Å². The van der Waals surface area contributed by atoms with Gasteiger partial charge in [0.25, 0.3) is 0 Å². The van der Waals surface area contributed by atoms with Gasteiger partial charge in [-0.1, -0.05) is 60.7 Å². The van der Waals surface area contributed by atoms with Gasteiger partial charge in [0.2, 0.25) is 0 Å². The van der Waals surface area contributed by atoms with Gasteiger partial charge in [-0.05, 0) is 29.8 Å². The third-order valence-corrected chi connectivity index (χ3v) is 3.51. The first-order valence-corrected chi connectivity index (χ1v) is 6.67. The zero-order chi connectivity index (χ0) is 13.7. The Bertz CT molecular complexity index is 487. The molecule has 3 N–H and O–H groups in total. The second-order valence-corrected chi connectivity index (χ2v) is 4.97. The third kappa shape index (κ3) is 3.63. The number of rotatable bonds is 5. The number of aliphatic hydroxyl groups excluding tert-OH is 1. The van der Waals surface area contributed by atoms with Gasteiger partial charge in [0.15, 0.2) is 5.05 Å². The van der Waals surface area contributed by atoms with Gasteiger partial charge in [0.05, 0.1) is 6.04 Å². The lowest BCUT2D eigenvalue weighted by molar-refractivity contribution is 0.512. The third-order valence-electron chi connectivity index (χ3n) is 3.21. The molecule has 3 heteroatoms. The molecule has 2 aromatic rings. The van der Waals surface area contributed by atoms with E-state index in [9.17, 15) is 5.11 Å². The molecular formula is C16H17NOS. The Kier molecular flexibility index (Phi) is 4.66. The van der Waals surface area contributed by atoms with Crippen LogP contribution in [0.1, 0.15) is 23.5 Å². The lowest BCUT2D eigenvalue weighted by Gasteiger charge is -2.21. The molecule has 2 aromatic carbocycles. The molecule has 0 aliphatic rings. The Morgan fingerprint density at radius 2 is 1.37 bits per heavy atom. The fraction of sp³-hybridized carbons (Fsp3) is 0.188. The van der Waals surface area contributed by atoms with E-state index >= 15 is 0 Å². The van der Waals surface area contributed by atoms with E-state index < -0.39 is 6.04 Å². The lowest BCUT2D eigenvalue weighted by Crippen LogP contribution is -2.31. The minimum atomic E-state index is -0.486. The van der Waals surface area contributed by atoms with E-state index in [2.05, 4.69) is 24.3 Å². The first kappa shape index (κ1) is 13.7. The molecule has 0 aromatic heterocycles. The van der Waals surface area contributed by atoms with Gasteiger partial charge in [0.1, 0.15) is 0 Å². The van der Waals surface area contributed by atoms with E-state index in [0.29, 0.717) is 6.42 Å². The van der Waals surface area contributed by atoms with Crippen molar-refractivity contribution in [3.8, 4) is 0 Å². The molecular weight excluding hydrogens is 254 g/mol. The summed E-state index contributed by atoms with van der Waals surface area (Å²) in [5, 5.41) is 9.24. The first-order chi connectivity index (χ1) is 9.18. The summed E-state index contributed by atoms with van der Waals surface area (Å²) in [6.07, 6.45) is 0.601. The average Bonchev–Trinajstić information content (AvgIpc) is 2.46. The highest BCUT2D eigenvalue weighted by Gasteiger charge is 2.19. The molecule has 2 nitrogen and oxygen atoms in total. The Morgan fingerprint density at radius 1 is 0.947 bits per heavy atom. The minimum Gasteiger partial charge on any atom is -0.501 e. The van der Waals surface area contributed by atoms with Crippen molar-refractivity contribution in [1.82, 2.24) is 0 Å². The zero-order valence-electron chi connectivity index (χ0n) is 10.6. The van der Waals surface area contributed by atoms with Crippen molar-refractivity contribution in [3.63, 3.8) is 0 Å². The Labute approximate surface area is 118 Å². The monoisotopic (exact) mass is 271 g/mol. The predicted molar refractivity (Wildman–Crippen MR) is 82.5 cm³/mol. The summed E-state index contributed by atoms with van der Waals surface area (Å²) in [5.74, 6) is 0.141. The summed E-state index contributed by atoms with van der Waals surface area (Å²) in [6.45, 7) is 0. The van der Waals surface area contributed by atoms with Crippen LogP contribution in [0, 0.1) is 0 Å². The first-order valence-electron chi connectivity index (χ1n) is 6.26. The summed E-state index contributed by atoms with van der Waals surface area (Å²) >= 11 is 4.77. The topological polar surface area (TPSA) is 46.2 Å². The molecule has 0 aliphatic carbocycles. The van der Waals surface area contributed by atoms with Gasteiger partial charge in [0, 0.05) is 5.92 Å². The maximum Gasteiger partial charge on any atom is 0.173 e. The minimum absolute atomic E-state index is 0.128. The van der Waals surface area contributed by atoms with E-state index in [1.54, 1.807) is 0 Å². The Morgan fingerprint density at radius 3 is 1.74 bits per heavy atom. The molecule has 0 radical (unpaired) electrons. The van der Waals surface area contributed by atoms with Crippen molar-refractivity contribution in [2.24, 2.45) is 5.73 Å². The van der Waals surface area contributed by atoms with E-state index in [0.717, 1.165) is 0 Å². The van der Waals surface area contributed by atoms with Gasteiger partial charge in [-0.2, -0.15) is 0 Å². The fourth-order valence-electron chi connectivity index (χ4n) is 2.19. The van der Waals surface area contributed by atoms with Crippen LogP contribution in [0.15, 0.2) is 60.7 Å². The molecule has 0 saturated carbocycles. The lowest BCUT2D eigenvalue weighted by atomic mass is 9.86. The molecule has 19 heavy (non-hydrogen) atoms. The summed E-state index contributed by atoms with van der Waals surface area (Å²) < 4.78 is 0. The molecule has 0 spiro atoms. The molecule has 0 saturated heterocycles.